The van der Waals surface area contributed by atoms with Crippen molar-refractivity contribution in [2.75, 3.05) is 31.1 Å². The maximum Gasteiger partial charge on any atom is 0.227 e. The van der Waals surface area contributed by atoms with Crippen molar-refractivity contribution < 1.29 is 14.3 Å². The Hall–Kier alpha value is -2.08. The van der Waals surface area contributed by atoms with Gasteiger partial charge in [0.25, 0.3) is 0 Å². The van der Waals surface area contributed by atoms with E-state index >= 15 is 0 Å². The summed E-state index contributed by atoms with van der Waals surface area (Å²) in [6, 6.07) is 7.84. The van der Waals surface area contributed by atoms with Crippen molar-refractivity contribution in [2.45, 2.75) is 32.2 Å². The first kappa shape index (κ1) is 16.8. The van der Waals surface area contributed by atoms with Crippen molar-refractivity contribution >= 4 is 17.5 Å². The van der Waals surface area contributed by atoms with E-state index in [4.69, 9.17) is 4.74 Å². The van der Waals surface area contributed by atoms with Crippen LogP contribution in [0, 0.1) is 5.92 Å². The van der Waals surface area contributed by atoms with Crippen LogP contribution in [-0.2, 0) is 9.59 Å². The Bertz CT molecular complexity index is 599. The van der Waals surface area contributed by atoms with Gasteiger partial charge < -0.3 is 20.3 Å². The van der Waals surface area contributed by atoms with E-state index in [2.05, 4.69) is 10.6 Å². The van der Waals surface area contributed by atoms with Gasteiger partial charge in [-0.1, -0.05) is 12.1 Å². The van der Waals surface area contributed by atoms with E-state index in [9.17, 15) is 9.59 Å². The van der Waals surface area contributed by atoms with Crippen molar-refractivity contribution in [3.63, 3.8) is 0 Å². The third-order valence-corrected chi connectivity index (χ3v) is 4.64. The smallest absolute Gasteiger partial charge is 0.227 e. The summed E-state index contributed by atoms with van der Waals surface area (Å²) in [5.41, 5.74) is 0.747. The molecule has 2 aliphatic heterocycles. The summed E-state index contributed by atoms with van der Waals surface area (Å²) in [4.78, 5) is 26.4. The Kier molecular flexibility index (Phi) is 5.35. The lowest BCUT2D eigenvalue weighted by atomic mass is 10.1. The molecule has 1 aromatic carbocycles. The van der Waals surface area contributed by atoms with Crippen LogP contribution in [0.25, 0.3) is 0 Å². The summed E-state index contributed by atoms with van der Waals surface area (Å²) in [5.74, 6) is 0.327. The van der Waals surface area contributed by atoms with Gasteiger partial charge in [-0.25, -0.2) is 0 Å². The van der Waals surface area contributed by atoms with E-state index in [1.807, 2.05) is 31.2 Å². The van der Waals surface area contributed by atoms with Crippen LogP contribution in [0.3, 0.4) is 0 Å². The molecule has 2 heterocycles. The molecule has 0 saturated carbocycles. The average Bonchev–Trinajstić information content (AvgIpc) is 3.23. The zero-order valence-electron chi connectivity index (χ0n) is 14.1. The highest BCUT2D eigenvalue weighted by molar-refractivity contribution is 6.01. The zero-order valence-corrected chi connectivity index (χ0v) is 14.1. The van der Waals surface area contributed by atoms with Crippen LogP contribution in [-0.4, -0.2) is 44.1 Å². The molecular formula is C18H25N3O3. The van der Waals surface area contributed by atoms with Crippen LogP contribution in [0.4, 0.5) is 5.69 Å². The Morgan fingerprint density at radius 1 is 1.42 bits per heavy atom. The molecule has 1 aromatic rings. The molecule has 2 aliphatic rings. The van der Waals surface area contributed by atoms with Crippen molar-refractivity contribution in [1.29, 1.82) is 0 Å². The number of rotatable bonds is 6. The Labute approximate surface area is 142 Å². The maximum absolute atomic E-state index is 12.4. The predicted molar refractivity (Wildman–Crippen MR) is 92.1 cm³/mol. The molecule has 24 heavy (non-hydrogen) atoms. The topological polar surface area (TPSA) is 70.7 Å². The molecule has 0 radical (unpaired) electrons. The number of nitrogens with zero attached hydrogens (tertiary/aromatic N) is 1. The summed E-state index contributed by atoms with van der Waals surface area (Å²) < 4.78 is 5.61. The number of para-hydroxylation sites is 2. The van der Waals surface area contributed by atoms with E-state index < -0.39 is 0 Å². The number of anilines is 1. The summed E-state index contributed by atoms with van der Waals surface area (Å²) in [7, 11) is 0. The van der Waals surface area contributed by atoms with Crippen LogP contribution < -0.4 is 20.3 Å². The van der Waals surface area contributed by atoms with Crippen molar-refractivity contribution in [3.05, 3.63) is 24.3 Å². The van der Waals surface area contributed by atoms with E-state index in [-0.39, 0.29) is 24.2 Å². The first-order valence-corrected chi connectivity index (χ1v) is 8.72. The first-order valence-electron chi connectivity index (χ1n) is 8.72. The normalized spacial score (nSPS) is 23.5. The molecule has 2 N–H and O–H groups in total. The highest BCUT2D eigenvalue weighted by atomic mass is 16.5. The van der Waals surface area contributed by atoms with Crippen LogP contribution in [0.1, 0.15) is 26.2 Å². The van der Waals surface area contributed by atoms with Crippen LogP contribution in [0.15, 0.2) is 24.3 Å². The monoisotopic (exact) mass is 331 g/mol. The van der Waals surface area contributed by atoms with E-state index in [0.29, 0.717) is 31.5 Å². The molecule has 6 nitrogen and oxygen atoms in total. The SMILES string of the molecule is CCOc1ccccc1N1CC(C(=O)NCC2CCCN2)CC1=O. The van der Waals surface area contributed by atoms with Gasteiger partial charge in [-0.2, -0.15) is 0 Å². The van der Waals surface area contributed by atoms with Gasteiger partial charge >= 0.3 is 0 Å². The number of amides is 2. The number of carbonyl (C=O) groups excluding carboxylic acids is 2. The highest BCUT2D eigenvalue weighted by Crippen LogP contribution is 2.33. The minimum Gasteiger partial charge on any atom is -0.492 e. The molecule has 0 bridgehead atoms. The largest absolute Gasteiger partial charge is 0.492 e. The molecule has 6 heteroatoms. The lowest BCUT2D eigenvalue weighted by molar-refractivity contribution is -0.126. The van der Waals surface area contributed by atoms with Gasteiger partial charge in [0.15, 0.2) is 0 Å². The number of hydrogen-bond acceptors (Lipinski definition) is 4. The molecule has 2 atom stereocenters. The minimum atomic E-state index is -0.298. The molecule has 3 rings (SSSR count). The molecule has 0 spiro atoms. The number of nitrogens with one attached hydrogen (secondary N) is 2. The van der Waals surface area contributed by atoms with Crippen molar-refractivity contribution in [3.8, 4) is 5.75 Å². The second-order valence-corrected chi connectivity index (χ2v) is 6.34. The fourth-order valence-electron chi connectivity index (χ4n) is 3.37. The van der Waals surface area contributed by atoms with E-state index in [0.717, 1.165) is 25.1 Å². The molecule has 2 unspecified atom stereocenters. The number of ether oxygens (including phenoxy) is 1. The minimum absolute atomic E-state index is 0.0266. The summed E-state index contributed by atoms with van der Waals surface area (Å²) in [5, 5.41) is 6.35. The highest BCUT2D eigenvalue weighted by Gasteiger charge is 2.36. The second-order valence-electron chi connectivity index (χ2n) is 6.34. The standard InChI is InChI=1S/C18H25N3O3/c1-2-24-16-8-4-3-7-15(16)21-12-13(10-17(21)22)18(23)20-11-14-6-5-9-19-14/h3-4,7-8,13-14,19H,2,5-6,9-12H2,1H3,(H,20,23). The average molecular weight is 331 g/mol. The van der Waals surface area contributed by atoms with Crippen LogP contribution in [0.2, 0.25) is 0 Å². The molecule has 130 valence electrons. The van der Waals surface area contributed by atoms with Gasteiger partial charge in [-0.3, -0.25) is 9.59 Å². The van der Waals surface area contributed by atoms with Gasteiger partial charge in [0, 0.05) is 25.6 Å². The van der Waals surface area contributed by atoms with Gasteiger partial charge in [-0.15, -0.1) is 0 Å². The molecule has 2 amide bonds. The van der Waals surface area contributed by atoms with Gasteiger partial charge in [-0.05, 0) is 38.4 Å². The summed E-state index contributed by atoms with van der Waals surface area (Å²) >= 11 is 0. The predicted octanol–water partition coefficient (Wildman–Crippen LogP) is 1.31. The van der Waals surface area contributed by atoms with Crippen molar-refractivity contribution in [1.82, 2.24) is 10.6 Å². The molecule has 2 saturated heterocycles. The Balaban J connectivity index is 1.61. The van der Waals surface area contributed by atoms with Gasteiger partial charge in [0.1, 0.15) is 5.75 Å². The van der Waals surface area contributed by atoms with Gasteiger partial charge in [0.2, 0.25) is 11.8 Å². The lowest BCUT2D eigenvalue weighted by Gasteiger charge is -2.20. The third kappa shape index (κ3) is 3.70. The second kappa shape index (κ2) is 7.66. The zero-order chi connectivity index (χ0) is 16.9. The Morgan fingerprint density at radius 3 is 3.00 bits per heavy atom. The first-order chi connectivity index (χ1) is 11.7. The quantitative estimate of drug-likeness (QED) is 0.824. The number of hydrogen-bond donors (Lipinski definition) is 2. The molecule has 0 aromatic heterocycles. The molecular weight excluding hydrogens is 306 g/mol. The number of benzene rings is 1. The fraction of sp³-hybridized carbons (Fsp3) is 0.556. The van der Waals surface area contributed by atoms with Crippen LogP contribution in [0.5, 0.6) is 5.75 Å². The van der Waals surface area contributed by atoms with Gasteiger partial charge in [0.05, 0.1) is 18.2 Å². The van der Waals surface area contributed by atoms with E-state index in [1.54, 1.807) is 4.90 Å². The number of carbonyl (C=O) groups is 2. The summed E-state index contributed by atoms with van der Waals surface area (Å²) in [6.07, 6.45) is 2.51. The lowest BCUT2D eigenvalue weighted by Crippen LogP contribution is -2.40. The molecule has 2 fully saturated rings. The summed E-state index contributed by atoms with van der Waals surface area (Å²) in [6.45, 7) is 4.52. The molecule has 0 aliphatic carbocycles. The van der Waals surface area contributed by atoms with E-state index in [1.165, 1.54) is 0 Å². The fourth-order valence-corrected chi connectivity index (χ4v) is 3.37. The van der Waals surface area contributed by atoms with Crippen molar-refractivity contribution in [2.24, 2.45) is 5.92 Å². The Morgan fingerprint density at radius 2 is 2.25 bits per heavy atom. The third-order valence-electron chi connectivity index (χ3n) is 4.64. The maximum atomic E-state index is 12.4. The van der Waals surface area contributed by atoms with Crippen LogP contribution >= 0.6 is 0 Å².